The van der Waals surface area contributed by atoms with Gasteiger partial charge < -0.3 is 21.9 Å². The summed E-state index contributed by atoms with van der Waals surface area (Å²) in [6.07, 6.45) is 0.00995. The van der Waals surface area contributed by atoms with Gasteiger partial charge in [-0.15, -0.1) is 0 Å². The number of carbonyl (C=O) groups is 4. The Labute approximate surface area is 173 Å². The standard InChI is InChI=1S/C21H24N4O5/c22-16(10-11-18(23)27)20(29)24-17(12-13-6-8-15(26)9-7-13)21(30)25-19(28)14-4-2-1-3-5-14/h1-9,16-17,26H,10-12,22H2,(H2,23,27)(H,24,29)(H,25,28,30)/t16-,17-/m0/s1. The lowest BCUT2D eigenvalue weighted by Gasteiger charge is -2.20. The summed E-state index contributed by atoms with van der Waals surface area (Å²) in [5.41, 5.74) is 11.8. The minimum absolute atomic E-state index is 0.0255. The fraction of sp³-hybridized carbons (Fsp3) is 0.238. The number of benzene rings is 2. The molecule has 0 heterocycles. The molecule has 7 N–H and O–H groups in total. The summed E-state index contributed by atoms with van der Waals surface area (Å²) in [5.74, 6) is -2.51. The van der Waals surface area contributed by atoms with Gasteiger partial charge >= 0.3 is 0 Å². The molecule has 0 unspecified atom stereocenters. The number of nitrogens with one attached hydrogen (secondary N) is 2. The fourth-order valence-electron chi connectivity index (χ4n) is 2.65. The van der Waals surface area contributed by atoms with Gasteiger partial charge in [0.25, 0.3) is 5.91 Å². The predicted molar refractivity (Wildman–Crippen MR) is 109 cm³/mol. The second-order valence-corrected chi connectivity index (χ2v) is 6.73. The van der Waals surface area contributed by atoms with Crippen LogP contribution in [-0.2, 0) is 20.8 Å². The number of amides is 4. The zero-order valence-electron chi connectivity index (χ0n) is 16.2. The van der Waals surface area contributed by atoms with E-state index < -0.39 is 35.7 Å². The first-order valence-electron chi connectivity index (χ1n) is 9.28. The summed E-state index contributed by atoms with van der Waals surface area (Å²) in [7, 11) is 0. The van der Waals surface area contributed by atoms with E-state index in [4.69, 9.17) is 11.5 Å². The van der Waals surface area contributed by atoms with Gasteiger partial charge in [-0.25, -0.2) is 0 Å². The van der Waals surface area contributed by atoms with E-state index in [1.54, 1.807) is 42.5 Å². The molecule has 4 amide bonds. The molecule has 0 spiro atoms. The molecule has 2 aromatic carbocycles. The van der Waals surface area contributed by atoms with Crippen LogP contribution < -0.4 is 22.1 Å². The first kappa shape index (κ1) is 22.6. The van der Waals surface area contributed by atoms with E-state index in [0.717, 1.165) is 0 Å². The number of nitrogens with two attached hydrogens (primary N) is 2. The van der Waals surface area contributed by atoms with Crippen LogP contribution in [0.1, 0.15) is 28.8 Å². The van der Waals surface area contributed by atoms with Gasteiger partial charge in [-0.05, 0) is 36.2 Å². The quantitative estimate of drug-likeness (QED) is 0.388. The van der Waals surface area contributed by atoms with Gasteiger partial charge in [0, 0.05) is 18.4 Å². The topological polar surface area (TPSA) is 165 Å². The minimum Gasteiger partial charge on any atom is -0.508 e. The lowest BCUT2D eigenvalue weighted by Crippen LogP contribution is -2.53. The smallest absolute Gasteiger partial charge is 0.257 e. The highest BCUT2D eigenvalue weighted by Crippen LogP contribution is 2.12. The van der Waals surface area contributed by atoms with Crippen molar-refractivity contribution < 1.29 is 24.3 Å². The molecule has 0 aromatic heterocycles. The predicted octanol–water partition coefficient (Wildman–Crippen LogP) is -0.0311. The molecule has 2 aromatic rings. The molecule has 158 valence electrons. The Bertz CT molecular complexity index is 899. The van der Waals surface area contributed by atoms with Gasteiger partial charge in [0.2, 0.25) is 17.7 Å². The third kappa shape index (κ3) is 7.02. The highest BCUT2D eigenvalue weighted by molar-refractivity contribution is 6.06. The zero-order valence-corrected chi connectivity index (χ0v) is 16.2. The molecule has 9 heteroatoms. The van der Waals surface area contributed by atoms with Crippen molar-refractivity contribution in [1.82, 2.24) is 10.6 Å². The SMILES string of the molecule is NC(=O)CC[C@H](N)C(=O)N[C@@H](Cc1ccc(O)cc1)C(=O)NC(=O)c1ccccc1. The summed E-state index contributed by atoms with van der Waals surface area (Å²) < 4.78 is 0. The van der Waals surface area contributed by atoms with Crippen LogP contribution in [0.4, 0.5) is 0 Å². The Morgan fingerprint density at radius 1 is 0.933 bits per heavy atom. The second kappa shape index (κ2) is 10.7. The van der Waals surface area contributed by atoms with Crippen LogP contribution in [0.15, 0.2) is 54.6 Å². The normalized spacial score (nSPS) is 12.4. The summed E-state index contributed by atoms with van der Waals surface area (Å²) in [6, 6.07) is 12.1. The van der Waals surface area contributed by atoms with E-state index in [0.29, 0.717) is 11.1 Å². The minimum atomic E-state index is -1.10. The molecular weight excluding hydrogens is 388 g/mol. The highest BCUT2D eigenvalue weighted by Gasteiger charge is 2.26. The molecule has 30 heavy (non-hydrogen) atoms. The fourth-order valence-corrected chi connectivity index (χ4v) is 2.65. The van der Waals surface area contributed by atoms with Crippen LogP contribution in [0.25, 0.3) is 0 Å². The number of hydrogen-bond acceptors (Lipinski definition) is 6. The number of phenols is 1. The maximum Gasteiger partial charge on any atom is 0.257 e. The summed E-state index contributed by atoms with van der Waals surface area (Å²) >= 11 is 0. The van der Waals surface area contributed by atoms with E-state index >= 15 is 0 Å². The third-order valence-corrected chi connectivity index (χ3v) is 4.32. The van der Waals surface area contributed by atoms with Gasteiger partial charge in [0.15, 0.2) is 0 Å². The molecule has 0 aliphatic rings. The monoisotopic (exact) mass is 412 g/mol. The summed E-state index contributed by atoms with van der Waals surface area (Å²) in [6.45, 7) is 0. The van der Waals surface area contributed by atoms with Gasteiger partial charge in [-0.3, -0.25) is 24.5 Å². The van der Waals surface area contributed by atoms with Gasteiger partial charge in [0.1, 0.15) is 11.8 Å². The van der Waals surface area contributed by atoms with E-state index in [9.17, 15) is 24.3 Å². The molecule has 0 radical (unpaired) electrons. The summed E-state index contributed by atoms with van der Waals surface area (Å²) in [4.78, 5) is 48.3. The molecule has 9 nitrogen and oxygen atoms in total. The van der Waals surface area contributed by atoms with Crippen molar-refractivity contribution in [2.24, 2.45) is 11.5 Å². The van der Waals surface area contributed by atoms with Crippen LogP contribution in [0, 0.1) is 0 Å². The molecule has 0 saturated heterocycles. The maximum absolute atomic E-state index is 12.7. The number of carbonyl (C=O) groups excluding carboxylic acids is 4. The zero-order chi connectivity index (χ0) is 22.1. The van der Waals surface area contributed by atoms with Crippen LogP contribution in [0.3, 0.4) is 0 Å². The van der Waals surface area contributed by atoms with Crippen molar-refractivity contribution in [1.29, 1.82) is 0 Å². The molecule has 0 saturated carbocycles. The largest absolute Gasteiger partial charge is 0.508 e. The number of primary amides is 1. The summed E-state index contributed by atoms with van der Waals surface area (Å²) in [5, 5.41) is 14.2. The van der Waals surface area contributed by atoms with Crippen molar-refractivity contribution in [2.45, 2.75) is 31.3 Å². The van der Waals surface area contributed by atoms with E-state index in [-0.39, 0.29) is 25.0 Å². The Kier molecular flexibility index (Phi) is 8.07. The van der Waals surface area contributed by atoms with E-state index in [1.165, 1.54) is 12.1 Å². The Hall–Kier alpha value is -3.72. The lowest BCUT2D eigenvalue weighted by atomic mass is 10.0. The number of hydrogen-bond donors (Lipinski definition) is 5. The van der Waals surface area contributed by atoms with Crippen molar-refractivity contribution in [2.75, 3.05) is 0 Å². The molecule has 0 fully saturated rings. The van der Waals surface area contributed by atoms with Crippen molar-refractivity contribution in [3.05, 3.63) is 65.7 Å². The molecular formula is C21H24N4O5. The van der Waals surface area contributed by atoms with Gasteiger partial charge in [-0.1, -0.05) is 30.3 Å². The molecule has 2 rings (SSSR count). The average Bonchev–Trinajstić information content (AvgIpc) is 2.73. The average molecular weight is 412 g/mol. The van der Waals surface area contributed by atoms with Crippen molar-refractivity contribution >= 4 is 23.6 Å². The van der Waals surface area contributed by atoms with Crippen LogP contribution in [0.2, 0.25) is 0 Å². The van der Waals surface area contributed by atoms with E-state index in [1.807, 2.05) is 0 Å². The third-order valence-electron chi connectivity index (χ3n) is 4.32. The van der Waals surface area contributed by atoms with Crippen molar-refractivity contribution in [3.8, 4) is 5.75 Å². The Morgan fingerprint density at radius 2 is 1.57 bits per heavy atom. The van der Waals surface area contributed by atoms with Crippen molar-refractivity contribution in [3.63, 3.8) is 0 Å². The lowest BCUT2D eigenvalue weighted by molar-refractivity contribution is -0.129. The van der Waals surface area contributed by atoms with Crippen LogP contribution in [0.5, 0.6) is 5.75 Å². The van der Waals surface area contributed by atoms with Crippen LogP contribution >= 0.6 is 0 Å². The number of aromatic hydroxyl groups is 1. The molecule has 0 bridgehead atoms. The maximum atomic E-state index is 12.7. The van der Waals surface area contributed by atoms with E-state index in [2.05, 4.69) is 10.6 Å². The van der Waals surface area contributed by atoms with Gasteiger partial charge in [-0.2, -0.15) is 0 Å². The molecule has 2 atom stereocenters. The highest BCUT2D eigenvalue weighted by atomic mass is 16.3. The molecule has 0 aliphatic heterocycles. The Balaban J connectivity index is 2.12. The first-order chi connectivity index (χ1) is 14.3. The van der Waals surface area contributed by atoms with Crippen LogP contribution in [-0.4, -0.2) is 40.8 Å². The number of phenolic OH excluding ortho intramolecular Hbond substituents is 1. The second-order valence-electron chi connectivity index (χ2n) is 6.73. The first-order valence-corrected chi connectivity index (χ1v) is 9.28. The number of imide groups is 1. The van der Waals surface area contributed by atoms with Gasteiger partial charge in [0.05, 0.1) is 6.04 Å². The number of rotatable bonds is 9. The Morgan fingerprint density at radius 3 is 2.17 bits per heavy atom. The molecule has 0 aliphatic carbocycles.